The maximum Gasteiger partial charge on any atom is 0.266 e. The van der Waals surface area contributed by atoms with Crippen molar-refractivity contribution in [2.45, 2.75) is 19.3 Å². The van der Waals surface area contributed by atoms with E-state index in [-0.39, 0.29) is 11.0 Å². The Hall–Kier alpha value is -5.09. The highest BCUT2D eigenvalue weighted by Crippen LogP contribution is 2.57. The first kappa shape index (κ1) is 21.8. The zero-order chi connectivity index (χ0) is 26.7. The van der Waals surface area contributed by atoms with Crippen LogP contribution in [-0.2, 0) is 5.41 Å². The fraction of sp³-hybridized carbons (Fsp3) is 0.0833. The number of hydrogen-bond acceptors (Lipinski definition) is 2. The van der Waals surface area contributed by atoms with Crippen molar-refractivity contribution in [3.8, 4) is 16.8 Å². The standard InChI is InChI=1S/C36H25N3O/c1-36(2)25-15-6-3-12-22(25)32-26(36)16-11-21-31(32)37-29-19-9-10-20-30(29)39-34-33(37)23-13-4-7-17-27(23)38(34)28-18-8-5-14-24(28)35(39)40/h3-21H,1-2H3. The summed E-state index contributed by atoms with van der Waals surface area (Å²) < 4.78 is 4.19. The number of rotatable bonds is 1. The molecule has 0 unspecified atom stereocenters. The second kappa shape index (κ2) is 7.30. The van der Waals surface area contributed by atoms with Crippen LogP contribution < -0.4 is 10.5 Å². The van der Waals surface area contributed by atoms with Crippen molar-refractivity contribution in [3.63, 3.8) is 0 Å². The highest BCUT2D eigenvalue weighted by Gasteiger charge is 2.40. The average molecular weight is 516 g/mol. The van der Waals surface area contributed by atoms with Gasteiger partial charge in [-0.1, -0.05) is 92.7 Å². The Balaban J connectivity index is 1.52. The minimum atomic E-state index is -0.111. The lowest BCUT2D eigenvalue weighted by Crippen LogP contribution is -2.28. The van der Waals surface area contributed by atoms with Crippen LogP contribution in [0.5, 0.6) is 0 Å². The van der Waals surface area contributed by atoms with Crippen LogP contribution in [-0.4, -0.2) is 8.97 Å². The van der Waals surface area contributed by atoms with Gasteiger partial charge in [-0.05, 0) is 53.1 Å². The zero-order valence-electron chi connectivity index (χ0n) is 22.2. The van der Waals surface area contributed by atoms with E-state index in [9.17, 15) is 4.79 Å². The van der Waals surface area contributed by atoms with Crippen molar-refractivity contribution in [2.75, 3.05) is 4.90 Å². The summed E-state index contributed by atoms with van der Waals surface area (Å²) in [6.45, 7) is 4.64. The molecule has 0 saturated heterocycles. The lowest BCUT2D eigenvalue weighted by Gasteiger charge is -2.34. The normalized spacial score (nSPS) is 14.5. The SMILES string of the molecule is CC1(C)c2ccccc2-c2c(N3c4ccccc4-n4c(=O)c5ccccc5n5c6ccccc6c3c45)cccc21. The van der Waals surface area contributed by atoms with E-state index in [2.05, 4.69) is 114 Å². The smallest absolute Gasteiger partial charge is 0.266 e. The van der Waals surface area contributed by atoms with Gasteiger partial charge in [0.2, 0.25) is 0 Å². The lowest BCUT2D eigenvalue weighted by atomic mass is 9.82. The molecule has 0 fully saturated rings. The Bertz CT molecular complexity index is 2280. The lowest BCUT2D eigenvalue weighted by molar-refractivity contribution is 0.660. The minimum absolute atomic E-state index is 0.00373. The molecule has 4 nitrogen and oxygen atoms in total. The number of nitrogens with zero attached hydrogens (tertiary/aromatic N) is 3. The summed E-state index contributed by atoms with van der Waals surface area (Å²) in [4.78, 5) is 16.6. The van der Waals surface area contributed by atoms with Gasteiger partial charge in [-0.2, -0.15) is 0 Å². The molecule has 0 atom stereocenters. The Morgan fingerprint density at radius 2 is 1.18 bits per heavy atom. The molecule has 1 aliphatic heterocycles. The van der Waals surface area contributed by atoms with E-state index in [4.69, 9.17) is 0 Å². The van der Waals surface area contributed by atoms with Crippen molar-refractivity contribution in [1.82, 2.24) is 8.97 Å². The Morgan fingerprint density at radius 3 is 2.00 bits per heavy atom. The van der Waals surface area contributed by atoms with Crippen LogP contribution in [0.15, 0.2) is 120 Å². The van der Waals surface area contributed by atoms with Gasteiger partial charge >= 0.3 is 0 Å². The molecule has 0 amide bonds. The molecule has 2 aliphatic rings. The van der Waals surface area contributed by atoms with Crippen LogP contribution in [0.4, 0.5) is 17.1 Å². The highest BCUT2D eigenvalue weighted by atomic mass is 16.1. The van der Waals surface area contributed by atoms with E-state index < -0.39 is 0 Å². The van der Waals surface area contributed by atoms with E-state index >= 15 is 0 Å². The van der Waals surface area contributed by atoms with Gasteiger partial charge in [-0.25, -0.2) is 0 Å². The molecule has 1 aliphatic carbocycles. The summed E-state index contributed by atoms with van der Waals surface area (Å²) >= 11 is 0. The molecule has 2 aromatic heterocycles. The Kier molecular flexibility index (Phi) is 3.98. The summed E-state index contributed by atoms with van der Waals surface area (Å²) in [5.41, 5.74) is 12.1. The number of hydrogen-bond donors (Lipinski definition) is 0. The van der Waals surface area contributed by atoms with Gasteiger partial charge < -0.3 is 4.90 Å². The van der Waals surface area contributed by atoms with Gasteiger partial charge in [-0.15, -0.1) is 0 Å². The zero-order valence-corrected chi connectivity index (χ0v) is 22.2. The van der Waals surface area contributed by atoms with Crippen molar-refractivity contribution in [2.24, 2.45) is 0 Å². The monoisotopic (exact) mass is 515 g/mol. The molecule has 9 rings (SSSR count). The molecule has 0 radical (unpaired) electrons. The van der Waals surface area contributed by atoms with Crippen LogP contribution in [0.1, 0.15) is 25.0 Å². The summed E-state index contributed by atoms with van der Waals surface area (Å²) in [6.07, 6.45) is 0. The number of anilines is 3. The first-order chi connectivity index (χ1) is 19.6. The van der Waals surface area contributed by atoms with Crippen molar-refractivity contribution >= 4 is 44.5 Å². The highest BCUT2D eigenvalue weighted by molar-refractivity contribution is 6.13. The fourth-order valence-electron chi connectivity index (χ4n) is 7.30. The molecule has 7 aromatic rings. The molecule has 190 valence electrons. The third-order valence-electron chi connectivity index (χ3n) is 9.03. The van der Waals surface area contributed by atoms with Gasteiger partial charge in [0.1, 0.15) is 0 Å². The first-order valence-corrected chi connectivity index (χ1v) is 13.8. The second-order valence-electron chi connectivity index (χ2n) is 11.4. The van der Waals surface area contributed by atoms with E-state index in [0.717, 1.165) is 44.8 Å². The molecule has 4 heteroatoms. The maximum absolute atomic E-state index is 14.2. The second-order valence-corrected chi connectivity index (χ2v) is 11.4. The minimum Gasteiger partial charge on any atom is -0.304 e. The third kappa shape index (κ3) is 2.45. The van der Waals surface area contributed by atoms with Crippen molar-refractivity contribution in [3.05, 3.63) is 137 Å². The number of benzene rings is 5. The van der Waals surface area contributed by atoms with Crippen molar-refractivity contribution in [1.29, 1.82) is 0 Å². The van der Waals surface area contributed by atoms with E-state index in [1.165, 1.54) is 22.3 Å². The van der Waals surface area contributed by atoms with Crippen LogP contribution in [0.3, 0.4) is 0 Å². The van der Waals surface area contributed by atoms with Crippen LogP contribution >= 0.6 is 0 Å². The van der Waals surface area contributed by atoms with E-state index in [1.807, 2.05) is 28.8 Å². The molecule has 0 N–H and O–H groups in total. The van der Waals surface area contributed by atoms with E-state index in [1.54, 1.807) is 0 Å². The number of para-hydroxylation sites is 4. The predicted octanol–water partition coefficient (Wildman–Crippen LogP) is 8.49. The van der Waals surface area contributed by atoms with Crippen LogP contribution in [0.25, 0.3) is 44.3 Å². The summed E-state index contributed by atoms with van der Waals surface area (Å²) in [5.74, 6) is 0. The molecule has 0 saturated carbocycles. The van der Waals surface area contributed by atoms with Gasteiger partial charge in [0.25, 0.3) is 5.56 Å². The van der Waals surface area contributed by atoms with Gasteiger partial charge in [0.15, 0.2) is 5.65 Å². The Morgan fingerprint density at radius 1 is 0.575 bits per heavy atom. The maximum atomic E-state index is 14.2. The third-order valence-corrected chi connectivity index (χ3v) is 9.03. The average Bonchev–Trinajstić information content (AvgIpc) is 3.45. The molecule has 5 aromatic carbocycles. The van der Waals surface area contributed by atoms with Crippen LogP contribution in [0, 0.1) is 0 Å². The first-order valence-electron chi connectivity index (χ1n) is 13.8. The van der Waals surface area contributed by atoms with Gasteiger partial charge in [0, 0.05) is 16.4 Å². The predicted molar refractivity (Wildman–Crippen MR) is 164 cm³/mol. The summed E-state index contributed by atoms with van der Waals surface area (Å²) in [6, 6.07) is 40.3. The van der Waals surface area contributed by atoms with E-state index in [0.29, 0.717) is 5.39 Å². The molecule has 0 spiro atoms. The molecule has 0 bridgehead atoms. The molecule has 40 heavy (non-hydrogen) atoms. The van der Waals surface area contributed by atoms with Gasteiger partial charge in [-0.3, -0.25) is 13.8 Å². The van der Waals surface area contributed by atoms with Gasteiger partial charge in [0.05, 0.1) is 39.2 Å². The number of aromatic nitrogens is 2. The quantitative estimate of drug-likeness (QED) is 0.219. The van der Waals surface area contributed by atoms with Crippen LogP contribution in [0.2, 0.25) is 0 Å². The topological polar surface area (TPSA) is 29.7 Å². The molecular weight excluding hydrogens is 490 g/mol. The summed E-state index contributed by atoms with van der Waals surface area (Å²) in [7, 11) is 0. The fourth-order valence-corrected chi connectivity index (χ4v) is 7.30. The molecule has 3 heterocycles. The van der Waals surface area contributed by atoms with Crippen molar-refractivity contribution < 1.29 is 0 Å². The molecular formula is C36H25N3O. The largest absolute Gasteiger partial charge is 0.304 e. The Labute approximate surface area is 231 Å². The summed E-state index contributed by atoms with van der Waals surface area (Å²) in [5, 5.41) is 1.83. The number of fused-ring (bicyclic) bond motifs is 10.